The molecule has 1 N–H and O–H groups in total. The van der Waals surface area contributed by atoms with E-state index in [1.165, 1.54) is 6.07 Å². The predicted molar refractivity (Wildman–Crippen MR) is 87.4 cm³/mol. The molecule has 0 fully saturated rings. The first-order valence-electron chi connectivity index (χ1n) is 6.89. The highest BCUT2D eigenvalue weighted by Crippen LogP contribution is 2.33. The SMILES string of the molecule is CCNC(c1cc(Br)ccc1F)c1cc(C)ccc1OC. The minimum absolute atomic E-state index is 0.229. The van der Waals surface area contributed by atoms with Gasteiger partial charge >= 0.3 is 0 Å². The first-order valence-corrected chi connectivity index (χ1v) is 7.69. The van der Waals surface area contributed by atoms with Crippen LogP contribution in [0.5, 0.6) is 5.75 Å². The van der Waals surface area contributed by atoms with E-state index in [-0.39, 0.29) is 11.9 Å². The van der Waals surface area contributed by atoms with Crippen LogP contribution in [-0.2, 0) is 0 Å². The Morgan fingerprint density at radius 2 is 1.95 bits per heavy atom. The molecule has 0 amide bonds. The third kappa shape index (κ3) is 3.63. The minimum Gasteiger partial charge on any atom is -0.496 e. The molecule has 0 radical (unpaired) electrons. The zero-order valence-corrected chi connectivity index (χ0v) is 14.0. The van der Waals surface area contributed by atoms with Gasteiger partial charge in [-0.3, -0.25) is 0 Å². The van der Waals surface area contributed by atoms with Crippen molar-refractivity contribution in [2.45, 2.75) is 19.9 Å². The third-order valence-electron chi connectivity index (χ3n) is 3.37. The molecule has 0 spiro atoms. The zero-order chi connectivity index (χ0) is 15.4. The summed E-state index contributed by atoms with van der Waals surface area (Å²) < 4.78 is 20.6. The Bertz CT molecular complexity index is 630. The lowest BCUT2D eigenvalue weighted by Crippen LogP contribution is -2.23. The molecule has 0 heterocycles. The van der Waals surface area contributed by atoms with Crippen molar-refractivity contribution >= 4 is 15.9 Å². The summed E-state index contributed by atoms with van der Waals surface area (Å²) in [5.74, 6) is 0.527. The van der Waals surface area contributed by atoms with Crippen LogP contribution in [0.2, 0.25) is 0 Å². The summed E-state index contributed by atoms with van der Waals surface area (Å²) in [6.45, 7) is 4.75. The van der Waals surface area contributed by atoms with Crippen LogP contribution in [-0.4, -0.2) is 13.7 Å². The Hall–Kier alpha value is -1.39. The van der Waals surface area contributed by atoms with Crippen LogP contribution >= 0.6 is 15.9 Å². The van der Waals surface area contributed by atoms with E-state index in [1.54, 1.807) is 13.2 Å². The fourth-order valence-electron chi connectivity index (χ4n) is 2.41. The fourth-order valence-corrected chi connectivity index (χ4v) is 2.79. The first-order chi connectivity index (χ1) is 10.1. The molecule has 1 atom stereocenters. The molecule has 0 bridgehead atoms. The Balaban J connectivity index is 2.58. The quantitative estimate of drug-likeness (QED) is 0.849. The van der Waals surface area contributed by atoms with E-state index in [4.69, 9.17) is 4.74 Å². The van der Waals surface area contributed by atoms with Crippen molar-refractivity contribution in [2.24, 2.45) is 0 Å². The molecule has 1 unspecified atom stereocenters. The molecule has 0 saturated carbocycles. The van der Waals surface area contributed by atoms with Crippen molar-refractivity contribution in [3.63, 3.8) is 0 Å². The average molecular weight is 352 g/mol. The van der Waals surface area contributed by atoms with Gasteiger partial charge in [-0.2, -0.15) is 0 Å². The maximum Gasteiger partial charge on any atom is 0.128 e. The molecule has 2 nitrogen and oxygen atoms in total. The van der Waals surface area contributed by atoms with Crippen LogP contribution in [0.4, 0.5) is 4.39 Å². The number of nitrogens with one attached hydrogen (secondary N) is 1. The summed E-state index contributed by atoms with van der Waals surface area (Å²) >= 11 is 3.41. The number of rotatable bonds is 5. The van der Waals surface area contributed by atoms with Crippen molar-refractivity contribution in [1.29, 1.82) is 0 Å². The fraction of sp³-hybridized carbons (Fsp3) is 0.294. The molecule has 2 aromatic carbocycles. The number of methoxy groups -OCH3 is 1. The lowest BCUT2D eigenvalue weighted by atomic mass is 9.96. The Morgan fingerprint density at radius 3 is 2.62 bits per heavy atom. The predicted octanol–water partition coefficient (Wildman–Crippen LogP) is 4.60. The number of ether oxygens (including phenoxy) is 1. The van der Waals surface area contributed by atoms with Gasteiger partial charge in [-0.05, 0) is 37.7 Å². The van der Waals surface area contributed by atoms with Crippen LogP contribution in [0.15, 0.2) is 40.9 Å². The Morgan fingerprint density at radius 1 is 1.19 bits per heavy atom. The monoisotopic (exact) mass is 351 g/mol. The van der Waals surface area contributed by atoms with Gasteiger partial charge in [0.25, 0.3) is 0 Å². The van der Waals surface area contributed by atoms with Gasteiger partial charge in [-0.1, -0.05) is 40.5 Å². The second-order valence-electron chi connectivity index (χ2n) is 4.90. The summed E-state index contributed by atoms with van der Waals surface area (Å²) in [7, 11) is 1.63. The van der Waals surface area contributed by atoms with E-state index in [0.717, 1.165) is 27.9 Å². The first kappa shape index (κ1) is 16.0. The van der Waals surface area contributed by atoms with Crippen molar-refractivity contribution in [3.8, 4) is 5.75 Å². The molecule has 112 valence electrons. The van der Waals surface area contributed by atoms with Crippen LogP contribution in [0.25, 0.3) is 0 Å². The summed E-state index contributed by atoms with van der Waals surface area (Å²) in [6, 6.07) is 10.7. The molecule has 0 saturated heterocycles. The molecule has 4 heteroatoms. The normalized spacial score (nSPS) is 12.2. The van der Waals surface area contributed by atoms with E-state index in [0.29, 0.717) is 5.56 Å². The van der Waals surface area contributed by atoms with Gasteiger partial charge in [0.05, 0.1) is 13.2 Å². The highest BCUT2D eigenvalue weighted by molar-refractivity contribution is 9.10. The Kier molecular flexibility index (Phi) is 5.37. The van der Waals surface area contributed by atoms with Crippen LogP contribution in [0.3, 0.4) is 0 Å². The lowest BCUT2D eigenvalue weighted by Gasteiger charge is -2.22. The summed E-state index contributed by atoms with van der Waals surface area (Å²) in [4.78, 5) is 0. The molecule has 2 aromatic rings. The van der Waals surface area contributed by atoms with Gasteiger partial charge in [0, 0.05) is 15.6 Å². The van der Waals surface area contributed by atoms with Gasteiger partial charge < -0.3 is 10.1 Å². The van der Waals surface area contributed by atoms with Crippen LogP contribution in [0.1, 0.15) is 29.7 Å². The van der Waals surface area contributed by atoms with E-state index in [1.807, 2.05) is 38.1 Å². The standard InChI is InChI=1S/C17H19BrFNO/c1-4-20-17(13-10-12(18)6-7-15(13)19)14-9-11(2)5-8-16(14)21-3/h5-10,17,20H,4H2,1-3H3. The highest BCUT2D eigenvalue weighted by atomic mass is 79.9. The van der Waals surface area contributed by atoms with Crippen LogP contribution < -0.4 is 10.1 Å². The number of aryl methyl sites for hydroxylation is 1. The molecule has 0 aromatic heterocycles. The third-order valence-corrected chi connectivity index (χ3v) is 3.87. The van der Waals surface area contributed by atoms with Crippen molar-refractivity contribution in [3.05, 3.63) is 63.4 Å². The molecule has 0 aliphatic carbocycles. The number of halogens is 2. The molecule has 0 aliphatic heterocycles. The number of hydrogen-bond acceptors (Lipinski definition) is 2. The van der Waals surface area contributed by atoms with Gasteiger partial charge in [0.2, 0.25) is 0 Å². The van der Waals surface area contributed by atoms with Gasteiger partial charge in [-0.15, -0.1) is 0 Å². The smallest absolute Gasteiger partial charge is 0.128 e. The second kappa shape index (κ2) is 7.05. The molecular formula is C17H19BrFNO. The average Bonchev–Trinajstić information content (AvgIpc) is 2.47. The minimum atomic E-state index is -0.248. The topological polar surface area (TPSA) is 21.3 Å². The summed E-state index contributed by atoms with van der Waals surface area (Å²) in [6.07, 6.45) is 0. The molecular weight excluding hydrogens is 333 g/mol. The van der Waals surface area contributed by atoms with Gasteiger partial charge in [-0.25, -0.2) is 4.39 Å². The number of benzene rings is 2. The number of hydrogen-bond donors (Lipinski definition) is 1. The Labute approximate surface area is 133 Å². The maximum atomic E-state index is 14.3. The zero-order valence-electron chi connectivity index (χ0n) is 12.4. The van der Waals surface area contributed by atoms with Crippen molar-refractivity contribution in [2.75, 3.05) is 13.7 Å². The molecule has 21 heavy (non-hydrogen) atoms. The lowest BCUT2D eigenvalue weighted by molar-refractivity contribution is 0.403. The van der Waals surface area contributed by atoms with E-state index in [9.17, 15) is 4.39 Å². The maximum absolute atomic E-state index is 14.3. The molecule has 0 aliphatic rings. The largest absolute Gasteiger partial charge is 0.496 e. The van der Waals surface area contributed by atoms with Gasteiger partial charge in [0.1, 0.15) is 11.6 Å². The van der Waals surface area contributed by atoms with E-state index in [2.05, 4.69) is 21.2 Å². The molecule has 2 rings (SSSR count). The summed E-state index contributed by atoms with van der Waals surface area (Å²) in [5, 5.41) is 3.34. The second-order valence-corrected chi connectivity index (χ2v) is 5.82. The van der Waals surface area contributed by atoms with Crippen LogP contribution in [0, 0.1) is 12.7 Å². The van der Waals surface area contributed by atoms with E-state index < -0.39 is 0 Å². The van der Waals surface area contributed by atoms with E-state index >= 15 is 0 Å². The van der Waals surface area contributed by atoms with Gasteiger partial charge in [0.15, 0.2) is 0 Å². The summed E-state index contributed by atoms with van der Waals surface area (Å²) in [5.41, 5.74) is 2.66. The van der Waals surface area contributed by atoms with Crippen molar-refractivity contribution < 1.29 is 9.13 Å². The highest BCUT2D eigenvalue weighted by Gasteiger charge is 2.21. The van der Waals surface area contributed by atoms with Crippen molar-refractivity contribution in [1.82, 2.24) is 5.32 Å².